The fourth-order valence-corrected chi connectivity index (χ4v) is 10.4. The van der Waals surface area contributed by atoms with E-state index in [4.69, 9.17) is 4.43 Å². The third-order valence-corrected chi connectivity index (χ3v) is 11.8. The summed E-state index contributed by atoms with van der Waals surface area (Å²) in [4.78, 5) is 2.65. The fraction of sp³-hybridized carbons (Fsp3) is 0.889. The molecule has 2 rings (SSSR count). The summed E-state index contributed by atoms with van der Waals surface area (Å²) < 4.78 is 7.08. The first-order valence-electron chi connectivity index (χ1n) is 8.98. The zero-order valence-corrected chi connectivity index (χ0v) is 15.9. The molecule has 21 heavy (non-hydrogen) atoms. The standard InChI is InChI=1S/C18H35NOSi/c1-14(2)21(15(3)4,16(5)6)20-18-11-9-13-19-12-8-7-10-17(18)19/h7,10,14-18H,8-9,11-13H2,1-6H3/t17-,18+/m0/s1. The molecule has 0 amide bonds. The topological polar surface area (TPSA) is 12.5 Å². The Morgan fingerprint density at radius 1 is 1.00 bits per heavy atom. The van der Waals surface area contributed by atoms with Gasteiger partial charge in [-0.15, -0.1) is 0 Å². The van der Waals surface area contributed by atoms with E-state index in [0.717, 1.165) is 0 Å². The van der Waals surface area contributed by atoms with Gasteiger partial charge in [-0.2, -0.15) is 0 Å². The first kappa shape index (κ1) is 17.2. The molecule has 122 valence electrons. The van der Waals surface area contributed by atoms with Crippen molar-refractivity contribution >= 4 is 8.32 Å². The Morgan fingerprint density at radius 3 is 2.19 bits per heavy atom. The van der Waals surface area contributed by atoms with Crippen molar-refractivity contribution in [3.63, 3.8) is 0 Å². The van der Waals surface area contributed by atoms with Crippen molar-refractivity contribution in [2.24, 2.45) is 0 Å². The molecule has 2 nitrogen and oxygen atoms in total. The molecule has 2 atom stereocenters. The van der Waals surface area contributed by atoms with Gasteiger partial charge in [0.05, 0.1) is 12.1 Å². The highest BCUT2D eigenvalue weighted by molar-refractivity contribution is 6.77. The number of piperidine rings is 1. The lowest BCUT2D eigenvalue weighted by atomic mass is 9.96. The normalized spacial score (nSPS) is 27.7. The summed E-state index contributed by atoms with van der Waals surface area (Å²) in [6.45, 7) is 16.8. The molecule has 0 unspecified atom stereocenters. The van der Waals surface area contributed by atoms with Crippen molar-refractivity contribution < 1.29 is 4.43 Å². The third-order valence-electron chi connectivity index (χ3n) is 5.72. The predicted octanol–water partition coefficient (Wildman–Crippen LogP) is 4.97. The van der Waals surface area contributed by atoms with Gasteiger partial charge in [0, 0.05) is 6.54 Å². The monoisotopic (exact) mass is 309 g/mol. The van der Waals surface area contributed by atoms with Gasteiger partial charge in [0.2, 0.25) is 8.32 Å². The van der Waals surface area contributed by atoms with Gasteiger partial charge in [0.15, 0.2) is 0 Å². The van der Waals surface area contributed by atoms with E-state index in [9.17, 15) is 0 Å². The Balaban J connectivity index is 2.23. The van der Waals surface area contributed by atoms with Gasteiger partial charge >= 0.3 is 0 Å². The highest BCUT2D eigenvalue weighted by Crippen LogP contribution is 2.44. The van der Waals surface area contributed by atoms with Crippen LogP contribution in [0.2, 0.25) is 16.6 Å². The maximum Gasteiger partial charge on any atom is 0.200 e. The van der Waals surface area contributed by atoms with Crippen LogP contribution >= 0.6 is 0 Å². The second kappa shape index (κ2) is 6.97. The minimum Gasteiger partial charge on any atom is -0.411 e. The van der Waals surface area contributed by atoms with Crippen molar-refractivity contribution in [2.45, 2.75) is 89.6 Å². The molecule has 3 heteroatoms. The molecule has 0 N–H and O–H groups in total. The van der Waals surface area contributed by atoms with E-state index in [1.807, 2.05) is 0 Å². The van der Waals surface area contributed by atoms with Crippen LogP contribution in [0, 0.1) is 0 Å². The van der Waals surface area contributed by atoms with Crippen LogP contribution in [-0.2, 0) is 4.43 Å². The zero-order valence-electron chi connectivity index (χ0n) is 14.9. The average molecular weight is 310 g/mol. The molecule has 2 aliphatic heterocycles. The highest BCUT2D eigenvalue weighted by Gasteiger charge is 2.48. The average Bonchev–Trinajstić information content (AvgIpc) is 2.43. The molecular formula is C18H35NOSi. The predicted molar refractivity (Wildman–Crippen MR) is 94.3 cm³/mol. The molecule has 0 aromatic heterocycles. The molecule has 0 aromatic rings. The van der Waals surface area contributed by atoms with Gasteiger partial charge in [-0.3, -0.25) is 4.90 Å². The van der Waals surface area contributed by atoms with Crippen LogP contribution in [0.1, 0.15) is 60.8 Å². The van der Waals surface area contributed by atoms with Gasteiger partial charge in [-0.05, 0) is 42.4 Å². The summed E-state index contributed by atoms with van der Waals surface area (Å²) >= 11 is 0. The van der Waals surface area contributed by atoms with Crippen LogP contribution in [0.15, 0.2) is 12.2 Å². The zero-order chi connectivity index (χ0) is 15.6. The molecule has 2 aliphatic rings. The SMILES string of the molecule is CC(C)[Si](O[C@@H]1CCCN2CCC=C[C@@H]12)(C(C)C)C(C)C. The first-order chi connectivity index (χ1) is 9.89. The van der Waals surface area contributed by atoms with Gasteiger partial charge in [-0.25, -0.2) is 0 Å². The lowest BCUT2D eigenvalue weighted by Gasteiger charge is -2.49. The summed E-state index contributed by atoms with van der Waals surface area (Å²) in [5, 5.41) is 0. The molecule has 0 aromatic carbocycles. The van der Waals surface area contributed by atoms with Gasteiger partial charge in [-0.1, -0.05) is 53.7 Å². The summed E-state index contributed by atoms with van der Waals surface area (Å²) in [6, 6.07) is 0.538. The van der Waals surface area contributed by atoms with Gasteiger partial charge in [0.1, 0.15) is 0 Å². The molecular weight excluding hydrogens is 274 g/mol. The Hall–Kier alpha value is -0.123. The quantitative estimate of drug-likeness (QED) is 0.525. The van der Waals surface area contributed by atoms with Crippen LogP contribution in [0.25, 0.3) is 0 Å². The van der Waals surface area contributed by atoms with Crippen LogP contribution in [0.3, 0.4) is 0 Å². The molecule has 1 fully saturated rings. The Labute approximate surface area is 133 Å². The van der Waals surface area contributed by atoms with E-state index in [1.165, 1.54) is 32.4 Å². The van der Waals surface area contributed by atoms with Crippen molar-refractivity contribution in [3.8, 4) is 0 Å². The summed E-state index contributed by atoms with van der Waals surface area (Å²) in [5.74, 6) is 0. The minimum atomic E-state index is -1.75. The molecule has 2 heterocycles. The van der Waals surface area contributed by atoms with Crippen LogP contribution in [0.5, 0.6) is 0 Å². The maximum absolute atomic E-state index is 7.08. The summed E-state index contributed by atoms with van der Waals surface area (Å²) in [6.07, 6.45) is 8.97. The molecule has 0 radical (unpaired) electrons. The summed E-state index contributed by atoms with van der Waals surface area (Å²) in [5.41, 5.74) is 2.04. The van der Waals surface area contributed by atoms with Crippen molar-refractivity contribution in [1.29, 1.82) is 0 Å². The Kier molecular flexibility index (Phi) is 5.72. The minimum absolute atomic E-state index is 0.425. The molecule has 0 bridgehead atoms. The second-order valence-corrected chi connectivity index (χ2v) is 13.3. The smallest absolute Gasteiger partial charge is 0.200 e. The Morgan fingerprint density at radius 2 is 1.62 bits per heavy atom. The molecule has 0 spiro atoms. The molecule has 1 saturated heterocycles. The number of hydrogen-bond donors (Lipinski definition) is 0. The van der Waals surface area contributed by atoms with E-state index in [-0.39, 0.29) is 0 Å². The second-order valence-electron chi connectivity index (χ2n) is 7.86. The van der Waals surface area contributed by atoms with E-state index >= 15 is 0 Å². The fourth-order valence-electron chi connectivity index (χ4n) is 4.83. The highest BCUT2D eigenvalue weighted by atomic mass is 28.4. The Bertz CT molecular complexity index is 342. The number of rotatable bonds is 5. The van der Waals surface area contributed by atoms with E-state index < -0.39 is 8.32 Å². The molecule has 0 saturated carbocycles. The van der Waals surface area contributed by atoms with Crippen molar-refractivity contribution in [1.82, 2.24) is 4.90 Å². The number of nitrogens with zero attached hydrogens (tertiary/aromatic N) is 1. The van der Waals surface area contributed by atoms with E-state index in [1.54, 1.807) is 0 Å². The van der Waals surface area contributed by atoms with Crippen LogP contribution < -0.4 is 0 Å². The van der Waals surface area contributed by atoms with Gasteiger partial charge in [0.25, 0.3) is 0 Å². The third kappa shape index (κ3) is 3.30. The van der Waals surface area contributed by atoms with Gasteiger partial charge < -0.3 is 4.43 Å². The summed E-state index contributed by atoms with van der Waals surface area (Å²) in [7, 11) is -1.75. The number of hydrogen-bond acceptors (Lipinski definition) is 2. The van der Waals surface area contributed by atoms with E-state index in [0.29, 0.717) is 28.8 Å². The van der Waals surface area contributed by atoms with Crippen molar-refractivity contribution in [2.75, 3.05) is 13.1 Å². The maximum atomic E-state index is 7.08. The van der Waals surface area contributed by atoms with Crippen molar-refractivity contribution in [3.05, 3.63) is 12.2 Å². The first-order valence-corrected chi connectivity index (χ1v) is 11.1. The lowest BCUT2D eigenvalue weighted by molar-refractivity contribution is 0.0357. The lowest BCUT2D eigenvalue weighted by Crippen LogP contribution is -2.57. The van der Waals surface area contributed by atoms with Crippen LogP contribution in [0.4, 0.5) is 0 Å². The largest absolute Gasteiger partial charge is 0.411 e. The number of fused-ring (bicyclic) bond motifs is 1. The molecule has 0 aliphatic carbocycles. The van der Waals surface area contributed by atoms with E-state index in [2.05, 4.69) is 58.6 Å². The van der Waals surface area contributed by atoms with Crippen LogP contribution in [-0.4, -0.2) is 38.5 Å².